The Hall–Kier alpha value is -2.47. The third-order valence-electron chi connectivity index (χ3n) is 5.72. The van der Waals surface area contributed by atoms with Gasteiger partial charge in [0.2, 0.25) is 0 Å². The molecule has 0 spiro atoms. The SMILES string of the molecule is CCCOc1ccc2c(c1)CCN(C(=NCC1CCOC1)NCCc1ccco1)C2. The second-order valence-corrected chi connectivity index (χ2v) is 8.10. The van der Waals surface area contributed by atoms with Gasteiger partial charge >= 0.3 is 0 Å². The van der Waals surface area contributed by atoms with E-state index in [1.165, 1.54) is 11.1 Å². The molecule has 1 fully saturated rings. The fraction of sp³-hybridized carbons (Fsp3) is 0.542. The predicted molar refractivity (Wildman–Crippen MR) is 118 cm³/mol. The first-order valence-corrected chi connectivity index (χ1v) is 11.2. The lowest BCUT2D eigenvalue weighted by Gasteiger charge is -2.32. The number of benzene rings is 1. The Morgan fingerprint density at radius 3 is 3.07 bits per heavy atom. The Bertz CT molecular complexity index is 813. The van der Waals surface area contributed by atoms with Crippen LogP contribution in [-0.2, 0) is 24.1 Å². The molecule has 0 bridgehead atoms. The molecular weight excluding hydrogens is 378 g/mol. The molecule has 2 aliphatic heterocycles. The molecule has 0 amide bonds. The molecule has 2 aliphatic rings. The maximum absolute atomic E-state index is 5.81. The molecule has 0 aliphatic carbocycles. The molecule has 2 aromatic rings. The first kappa shape index (κ1) is 20.8. The van der Waals surface area contributed by atoms with Crippen molar-refractivity contribution in [2.24, 2.45) is 10.9 Å². The van der Waals surface area contributed by atoms with Crippen molar-refractivity contribution < 1.29 is 13.9 Å². The Balaban J connectivity index is 1.41. The second-order valence-electron chi connectivity index (χ2n) is 8.10. The van der Waals surface area contributed by atoms with Gasteiger partial charge in [0.15, 0.2) is 5.96 Å². The van der Waals surface area contributed by atoms with Crippen LogP contribution in [0.1, 0.15) is 36.7 Å². The van der Waals surface area contributed by atoms with Gasteiger partial charge in [-0.1, -0.05) is 13.0 Å². The Kier molecular flexibility index (Phi) is 7.29. The summed E-state index contributed by atoms with van der Waals surface area (Å²) in [5.41, 5.74) is 2.74. The maximum atomic E-state index is 5.81. The number of ether oxygens (including phenoxy) is 2. The van der Waals surface area contributed by atoms with Gasteiger partial charge in [0.1, 0.15) is 11.5 Å². The fourth-order valence-corrected chi connectivity index (χ4v) is 3.98. The van der Waals surface area contributed by atoms with E-state index in [4.69, 9.17) is 18.9 Å². The average Bonchev–Trinajstić information content (AvgIpc) is 3.48. The molecule has 1 unspecified atom stereocenters. The van der Waals surface area contributed by atoms with Gasteiger partial charge in [0, 0.05) is 45.1 Å². The van der Waals surface area contributed by atoms with Crippen molar-refractivity contribution in [3.8, 4) is 5.75 Å². The van der Waals surface area contributed by atoms with Crippen LogP contribution in [-0.4, -0.2) is 50.3 Å². The third-order valence-corrected chi connectivity index (χ3v) is 5.72. The lowest BCUT2D eigenvalue weighted by Crippen LogP contribution is -2.45. The third kappa shape index (κ3) is 5.57. The summed E-state index contributed by atoms with van der Waals surface area (Å²) in [6.07, 6.45) is 5.71. The Labute approximate surface area is 179 Å². The molecule has 6 heteroatoms. The van der Waals surface area contributed by atoms with Gasteiger partial charge in [-0.25, -0.2) is 0 Å². The normalized spacial score (nSPS) is 19.0. The smallest absolute Gasteiger partial charge is 0.194 e. The van der Waals surface area contributed by atoms with Crippen LogP contribution < -0.4 is 10.1 Å². The fourth-order valence-electron chi connectivity index (χ4n) is 3.98. The summed E-state index contributed by atoms with van der Waals surface area (Å²) in [4.78, 5) is 7.34. The number of guanidine groups is 1. The summed E-state index contributed by atoms with van der Waals surface area (Å²) >= 11 is 0. The minimum absolute atomic E-state index is 0.530. The summed E-state index contributed by atoms with van der Waals surface area (Å²) < 4.78 is 16.8. The molecule has 1 aromatic heterocycles. The molecule has 1 N–H and O–H groups in total. The molecule has 1 saturated heterocycles. The summed E-state index contributed by atoms with van der Waals surface area (Å²) in [5, 5.41) is 3.57. The Morgan fingerprint density at radius 2 is 2.27 bits per heavy atom. The Morgan fingerprint density at radius 1 is 1.30 bits per heavy atom. The molecule has 1 aromatic carbocycles. The van der Waals surface area contributed by atoms with Gasteiger partial charge in [-0.05, 0) is 54.7 Å². The van der Waals surface area contributed by atoms with E-state index >= 15 is 0 Å². The largest absolute Gasteiger partial charge is 0.494 e. The molecule has 162 valence electrons. The minimum Gasteiger partial charge on any atom is -0.494 e. The van der Waals surface area contributed by atoms with E-state index in [9.17, 15) is 0 Å². The highest BCUT2D eigenvalue weighted by Crippen LogP contribution is 2.24. The lowest BCUT2D eigenvalue weighted by atomic mass is 9.99. The van der Waals surface area contributed by atoms with Crippen molar-refractivity contribution in [2.75, 3.05) is 39.5 Å². The highest BCUT2D eigenvalue weighted by molar-refractivity contribution is 5.80. The topological polar surface area (TPSA) is 59.2 Å². The molecule has 0 radical (unpaired) electrons. The second kappa shape index (κ2) is 10.5. The van der Waals surface area contributed by atoms with Crippen molar-refractivity contribution in [3.63, 3.8) is 0 Å². The van der Waals surface area contributed by atoms with E-state index in [-0.39, 0.29) is 0 Å². The maximum Gasteiger partial charge on any atom is 0.194 e. The van der Waals surface area contributed by atoms with Crippen LogP contribution in [0.5, 0.6) is 5.75 Å². The molecule has 30 heavy (non-hydrogen) atoms. The standard InChI is InChI=1S/C24H33N3O3/c1-2-12-29-23-6-5-21-17-27(11-8-20(21)15-23)24(26-16-19-9-14-28-18-19)25-10-7-22-4-3-13-30-22/h3-6,13,15,19H,2,7-12,14,16-18H2,1H3,(H,25,26). The van der Waals surface area contributed by atoms with Crippen LogP contribution in [0.3, 0.4) is 0 Å². The zero-order valence-corrected chi connectivity index (χ0v) is 17.9. The van der Waals surface area contributed by atoms with E-state index in [1.54, 1.807) is 6.26 Å². The summed E-state index contributed by atoms with van der Waals surface area (Å²) in [6, 6.07) is 10.5. The van der Waals surface area contributed by atoms with Gasteiger partial charge in [0.05, 0.1) is 19.5 Å². The van der Waals surface area contributed by atoms with Crippen LogP contribution in [0.2, 0.25) is 0 Å². The van der Waals surface area contributed by atoms with Crippen LogP contribution in [0, 0.1) is 5.92 Å². The average molecular weight is 412 g/mol. The van der Waals surface area contributed by atoms with Gasteiger partial charge in [-0.2, -0.15) is 0 Å². The first-order chi connectivity index (χ1) is 14.8. The van der Waals surface area contributed by atoms with Gasteiger partial charge in [-0.15, -0.1) is 0 Å². The van der Waals surface area contributed by atoms with E-state index in [2.05, 4.69) is 35.3 Å². The van der Waals surface area contributed by atoms with Crippen LogP contribution in [0.15, 0.2) is 46.0 Å². The zero-order chi connectivity index (χ0) is 20.6. The summed E-state index contributed by atoms with van der Waals surface area (Å²) in [6.45, 7) is 8.04. The number of fused-ring (bicyclic) bond motifs is 1. The molecular formula is C24H33N3O3. The molecule has 6 nitrogen and oxygen atoms in total. The van der Waals surface area contributed by atoms with Crippen molar-refractivity contribution in [1.82, 2.24) is 10.2 Å². The number of nitrogens with zero attached hydrogens (tertiary/aromatic N) is 2. The quantitative estimate of drug-likeness (QED) is 0.531. The van der Waals surface area contributed by atoms with Crippen LogP contribution in [0.25, 0.3) is 0 Å². The number of aliphatic imine (C=N–C) groups is 1. The summed E-state index contributed by atoms with van der Waals surface area (Å²) in [5.74, 6) is 3.50. The number of hydrogen-bond acceptors (Lipinski definition) is 4. The van der Waals surface area contributed by atoms with Crippen molar-refractivity contribution in [3.05, 3.63) is 53.5 Å². The highest BCUT2D eigenvalue weighted by Gasteiger charge is 2.21. The molecule has 4 rings (SSSR count). The number of hydrogen-bond donors (Lipinski definition) is 1. The first-order valence-electron chi connectivity index (χ1n) is 11.2. The molecule has 0 saturated carbocycles. The van der Waals surface area contributed by atoms with Crippen LogP contribution in [0.4, 0.5) is 0 Å². The molecule has 1 atom stereocenters. The van der Waals surface area contributed by atoms with Gasteiger partial charge in [-0.3, -0.25) is 4.99 Å². The molecule has 3 heterocycles. The highest BCUT2D eigenvalue weighted by atomic mass is 16.5. The summed E-state index contributed by atoms with van der Waals surface area (Å²) in [7, 11) is 0. The number of rotatable bonds is 8. The van der Waals surface area contributed by atoms with E-state index < -0.39 is 0 Å². The van der Waals surface area contributed by atoms with E-state index in [0.29, 0.717) is 5.92 Å². The number of nitrogens with one attached hydrogen (secondary N) is 1. The number of furan rings is 1. The zero-order valence-electron chi connectivity index (χ0n) is 17.9. The van der Waals surface area contributed by atoms with Crippen LogP contribution >= 0.6 is 0 Å². The van der Waals surface area contributed by atoms with E-state index in [0.717, 1.165) is 89.2 Å². The minimum atomic E-state index is 0.530. The monoisotopic (exact) mass is 411 g/mol. The van der Waals surface area contributed by atoms with Crippen molar-refractivity contribution in [1.29, 1.82) is 0 Å². The van der Waals surface area contributed by atoms with Crippen molar-refractivity contribution in [2.45, 2.75) is 39.2 Å². The van der Waals surface area contributed by atoms with Crippen molar-refractivity contribution >= 4 is 5.96 Å². The predicted octanol–water partition coefficient (Wildman–Crippen LogP) is 3.65. The van der Waals surface area contributed by atoms with Gasteiger partial charge in [0.25, 0.3) is 0 Å². The van der Waals surface area contributed by atoms with E-state index in [1.807, 2.05) is 12.1 Å². The lowest BCUT2D eigenvalue weighted by molar-refractivity contribution is 0.187. The van der Waals surface area contributed by atoms with Gasteiger partial charge < -0.3 is 24.1 Å².